The van der Waals surface area contributed by atoms with Gasteiger partial charge in [-0.1, -0.05) is 62.0 Å². The number of rotatable bonds is 25. The van der Waals surface area contributed by atoms with Crippen LogP contribution in [0.25, 0.3) is 43.7 Å². The van der Waals surface area contributed by atoms with Gasteiger partial charge in [-0.15, -0.1) is 0 Å². The predicted molar refractivity (Wildman–Crippen MR) is 549 cm³/mol. The Balaban J connectivity index is 0.000000466. The number of carbonyl (C=O) groups excluding carboxylic acids is 2. The van der Waals surface area contributed by atoms with E-state index in [1.54, 1.807) is 280 Å². The molecule has 0 saturated carbocycles. The molecule has 3 aromatic carbocycles. The molecule has 50 heteroatoms. The number of carbonyl (C=O) groups is 3. The first kappa shape index (κ1) is 106. The first-order valence-electron chi connectivity index (χ1n) is 31.8. The maximum atomic E-state index is 12.6. The summed E-state index contributed by atoms with van der Waals surface area (Å²) < 4.78 is 10.00. The van der Waals surface area contributed by atoms with Gasteiger partial charge in [-0.2, -0.15) is 10.2 Å². The number of Topliss-reactive ketones (excluding diaryl/α,β-unsaturated/α-hetero) is 2. The van der Waals surface area contributed by atoms with Gasteiger partial charge in [0.2, 0.25) is 11.7 Å². The number of benzene rings is 3. The molecule has 0 spiro atoms. The van der Waals surface area contributed by atoms with Crippen LogP contribution in [0.2, 0.25) is 0 Å². The van der Waals surface area contributed by atoms with E-state index in [1.165, 1.54) is 59.5 Å². The fraction of sp³-hybridized carbons (Fsp3) is 0.433. The van der Waals surface area contributed by atoms with E-state index in [1.807, 2.05) is 30.3 Å². The lowest BCUT2D eigenvalue weighted by Crippen LogP contribution is -2.20. The van der Waals surface area contributed by atoms with Gasteiger partial charge < -0.3 is 28.5 Å². The van der Waals surface area contributed by atoms with Gasteiger partial charge in [0.1, 0.15) is 11.6 Å². The van der Waals surface area contributed by atoms with Crippen molar-refractivity contribution in [1.29, 1.82) is 5.26 Å². The Hall–Kier alpha value is -0.320. The van der Waals surface area contributed by atoms with E-state index in [2.05, 4.69) is 80.0 Å². The van der Waals surface area contributed by atoms with Crippen LogP contribution in [0.3, 0.4) is 0 Å². The number of unbranched alkanes of at least 4 members (excludes halogenated alkanes) is 7. The number of pyridine rings is 3. The number of ketones is 2. The molecule has 0 aliphatic rings. The molecular formula is C60H73N7O9S34. The molecule has 7 rings (SSSR count). The van der Waals surface area contributed by atoms with Crippen LogP contribution >= 0.6 is 0 Å². The maximum Gasteiger partial charge on any atom is 0.303 e. The molecule has 110 heavy (non-hydrogen) atoms. The summed E-state index contributed by atoms with van der Waals surface area (Å²) in [5, 5.41) is 37.8. The minimum atomic E-state index is -0.799. The quantitative estimate of drug-likeness (QED) is 0.0234. The van der Waals surface area contributed by atoms with E-state index in [4.69, 9.17) is 42.5 Å². The number of nitrogens with zero attached hydrogens (tertiary/aromatic N) is 7. The maximum absolute atomic E-state index is 12.6. The summed E-state index contributed by atoms with van der Waals surface area (Å²) in [5.74, 6) is 0.868. The molecule has 16 nitrogen and oxygen atoms in total. The van der Waals surface area contributed by atoms with Crippen molar-refractivity contribution >= 4 is 372 Å². The zero-order valence-electron chi connectivity index (χ0n) is 58.9. The van der Waals surface area contributed by atoms with Crippen molar-refractivity contribution in [2.75, 3.05) is 0 Å². The Morgan fingerprint density at radius 1 is 0.464 bits per heavy atom. The topological polar surface area (TPSA) is 233 Å². The zero-order chi connectivity index (χ0) is 80.9. The van der Waals surface area contributed by atoms with Gasteiger partial charge in [0.15, 0.2) is 0 Å². The normalized spacial score (nSPS) is 9.83. The summed E-state index contributed by atoms with van der Waals surface area (Å²) in [6.45, 7) is 6.00. The second kappa shape index (κ2) is 69.5. The molecule has 4 aromatic heterocycles. The average Bonchev–Trinajstić information content (AvgIpc) is 0.964. The van der Waals surface area contributed by atoms with Gasteiger partial charge in [0, 0.05) is 415 Å². The second-order valence-corrected chi connectivity index (χ2v) is 70.9. The number of hydrogen-bond acceptors (Lipinski definition) is 18. The fourth-order valence-electron chi connectivity index (χ4n) is 9.39. The molecule has 0 saturated heterocycles. The van der Waals surface area contributed by atoms with Gasteiger partial charge in [-0.25, -0.2) is 0 Å². The highest BCUT2D eigenvalue weighted by Gasteiger charge is 2.13. The highest BCUT2D eigenvalue weighted by molar-refractivity contribution is 8.76. The number of carboxylic acids is 1. The largest absolute Gasteiger partial charge is 0.481 e. The summed E-state index contributed by atoms with van der Waals surface area (Å²) >= 11 is 28.1. The summed E-state index contributed by atoms with van der Waals surface area (Å²) in [7, 11) is 50.6. The molecular weight excluding hydrogens is 2050 g/mol. The molecule has 0 bridgehead atoms. The third kappa shape index (κ3) is 47.5. The van der Waals surface area contributed by atoms with Gasteiger partial charge in [-0.05, 0) is 153 Å². The summed E-state index contributed by atoms with van der Waals surface area (Å²) in [4.78, 5) is 76.0. The molecule has 0 fully saturated rings. The highest BCUT2D eigenvalue weighted by atomic mass is 33.5. The molecule has 4 heterocycles. The van der Waals surface area contributed by atoms with Crippen LogP contribution in [0.5, 0.6) is 0 Å². The molecule has 2 N–H and O–H groups in total. The lowest BCUT2D eigenvalue weighted by Gasteiger charge is -2.10. The highest BCUT2D eigenvalue weighted by Crippen LogP contribution is 2.23. The Morgan fingerprint density at radius 3 is 1.12 bits per heavy atom. The number of nitriles is 1. The van der Waals surface area contributed by atoms with Crippen LogP contribution in [-0.2, 0) is 371 Å². The van der Waals surface area contributed by atoms with Gasteiger partial charge >= 0.3 is 5.97 Å². The van der Waals surface area contributed by atoms with Crippen LogP contribution in [0, 0.1) is 18.3 Å². The van der Waals surface area contributed by atoms with E-state index in [9.17, 15) is 28.8 Å². The number of fused-ring (bicyclic) bond motifs is 3. The van der Waals surface area contributed by atoms with Gasteiger partial charge in [-0.3, -0.25) is 28.8 Å². The third-order valence-electron chi connectivity index (χ3n) is 14.3. The SMILES string of the molecule is CCCCCC(=O)CCCCc1cc2cc(/C=N/O)ccc2c(=O)n1C.CCCCCC(=O)CCCCc1cc2cc(C#N)ccc2c(=O)n1C.Cc1nc(-c2ccc3c(=O)n(C)c(CCCCC(=O)O)cc3c2)no1.S=S=S=S=S=S=S=S=S.S=S=S=S=S=S=S=S=S=S=S=S.S=S=S=S=S=S=S=S=S=S=S=S=S. The zero-order valence-corrected chi connectivity index (χ0v) is 86.7. The van der Waals surface area contributed by atoms with Crippen LogP contribution in [0.4, 0.5) is 0 Å². The number of carboxylic acid groups (broad SMARTS) is 1. The van der Waals surface area contributed by atoms with Crippen LogP contribution in [0.1, 0.15) is 157 Å². The Bertz CT molecular complexity index is 5870. The molecule has 606 valence electrons. The minimum absolute atomic E-state index is 0.0272. The summed E-state index contributed by atoms with van der Waals surface area (Å²) in [5.41, 5.74) is 4.75. The predicted octanol–water partition coefficient (Wildman–Crippen LogP) is 11.1. The number of aryl methyl sites for hydroxylation is 4. The average molecular weight is 2130 g/mol. The summed E-state index contributed by atoms with van der Waals surface area (Å²) in [6.07, 6.45) is 17.6. The minimum Gasteiger partial charge on any atom is -0.481 e. The van der Waals surface area contributed by atoms with Crippen molar-refractivity contribution in [3.05, 3.63) is 138 Å². The number of oxime groups is 1. The fourth-order valence-corrected chi connectivity index (χ4v) is 69.8. The van der Waals surface area contributed by atoms with Crippen molar-refractivity contribution in [1.82, 2.24) is 23.8 Å². The Kier molecular flexibility index (Phi) is 66.8. The van der Waals surface area contributed by atoms with Crippen molar-refractivity contribution in [3.8, 4) is 17.5 Å². The van der Waals surface area contributed by atoms with Crippen LogP contribution in [0.15, 0.2) is 96.9 Å². The molecule has 0 unspecified atom stereocenters. The lowest BCUT2D eigenvalue weighted by atomic mass is 10.0. The molecule has 0 atom stereocenters. The Morgan fingerprint density at radius 2 is 0.791 bits per heavy atom. The molecule has 7 aromatic rings. The number of aromatic nitrogens is 5. The summed E-state index contributed by atoms with van der Waals surface area (Å²) in [6, 6.07) is 24.0. The van der Waals surface area contributed by atoms with Crippen LogP contribution < -0.4 is 16.7 Å². The number of aliphatic carboxylic acids is 1. The second-order valence-electron chi connectivity index (χ2n) is 21.4. The van der Waals surface area contributed by atoms with E-state index in [-0.39, 0.29) is 23.1 Å². The molecule has 0 aliphatic heterocycles. The number of hydrogen-bond donors (Lipinski definition) is 2. The lowest BCUT2D eigenvalue weighted by molar-refractivity contribution is -0.137. The van der Waals surface area contributed by atoms with E-state index in [0.717, 1.165) is 128 Å². The smallest absolute Gasteiger partial charge is 0.303 e. The Labute approximate surface area is 749 Å². The first-order valence-corrected chi connectivity index (χ1v) is 73.1. The van der Waals surface area contributed by atoms with Crippen LogP contribution in [-0.4, -0.2) is 57.9 Å². The van der Waals surface area contributed by atoms with Crippen molar-refractivity contribution in [3.63, 3.8) is 0 Å². The van der Waals surface area contributed by atoms with E-state index in [0.29, 0.717) is 83.5 Å². The van der Waals surface area contributed by atoms with Crippen molar-refractivity contribution < 1.29 is 29.2 Å². The standard InChI is InChI=1S/C21H28N2O3.C21H26N2O2.C18H19N3O4.S13.S12.S9/c1-3-4-5-9-19(24)10-7-6-8-18-14-17-13-16(15-22-26)11-12-20(17)21(25)23(18)2;1-3-4-5-9-19(24)10-7-6-8-18-14-17-13-16(15-22)11-12-20(17)21(25)23(18)2;1-11-19-17(20-25-11)12-7-8-15-13(9-12)10-14(21(2)18(15)24)5-3-4-6-16(22)23;1-3-5-7-9-11-13-12-10-8-6-4-2;1-3-5-7-9-11-12-10-8-6-4-2;1-3-5-7-9-8-6-4-2/h11-15,26H,3-10H2,1-2H3;11-14H,3-10H2,1-2H3;7-10H,3-6H2,1-2H3,(H,22,23);;;/b22-15+;;;;;. The van der Waals surface area contributed by atoms with Gasteiger partial charge in [0.05, 0.1) is 17.8 Å². The monoisotopic (exact) mass is 2120 g/mol. The first-order chi connectivity index (χ1) is 53.3. The van der Waals surface area contributed by atoms with Gasteiger partial charge in [0.25, 0.3) is 16.7 Å². The third-order valence-corrected chi connectivity index (χ3v) is 69.9. The molecule has 0 radical (unpaired) electrons. The van der Waals surface area contributed by atoms with E-state index >= 15 is 0 Å². The van der Waals surface area contributed by atoms with Crippen molar-refractivity contribution in [2.24, 2.45) is 26.3 Å². The van der Waals surface area contributed by atoms with E-state index < -0.39 is 5.97 Å². The van der Waals surface area contributed by atoms with Crippen molar-refractivity contribution in [2.45, 2.75) is 149 Å². The molecule has 0 aliphatic carbocycles. The molecule has 0 amide bonds.